The number of carbonyl (C=O) groups is 3. The summed E-state index contributed by atoms with van der Waals surface area (Å²) in [6.07, 6.45) is 0.703. The molecule has 4 amide bonds. The van der Waals surface area contributed by atoms with Crippen molar-refractivity contribution >= 4 is 28.9 Å². The van der Waals surface area contributed by atoms with Crippen LogP contribution in [0.5, 0.6) is 0 Å². The first-order chi connectivity index (χ1) is 15.3. The molecule has 32 heavy (non-hydrogen) atoms. The lowest BCUT2D eigenvalue weighted by atomic mass is 9.91. The Labute approximate surface area is 186 Å². The Morgan fingerprint density at radius 2 is 1.81 bits per heavy atom. The fourth-order valence-electron chi connectivity index (χ4n) is 4.07. The van der Waals surface area contributed by atoms with Gasteiger partial charge in [-0.3, -0.25) is 14.5 Å². The Hall–Kier alpha value is -3.68. The highest BCUT2D eigenvalue weighted by Crippen LogP contribution is 2.28. The summed E-state index contributed by atoms with van der Waals surface area (Å²) in [6.45, 7) is 6.41. The number of aromatic nitrogens is 2. The third-order valence-electron chi connectivity index (χ3n) is 5.93. The topological polar surface area (TPSA) is 96.3 Å². The zero-order chi connectivity index (χ0) is 22.9. The maximum absolute atomic E-state index is 13.0. The Morgan fingerprint density at radius 1 is 1.09 bits per heavy atom. The van der Waals surface area contributed by atoms with Crippen molar-refractivity contribution in [2.45, 2.75) is 39.3 Å². The van der Waals surface area contributed by atoms with Crippen LogP contribution in [0.3, 0.4) is 0 Å². The van der Waals surface area contributed by atoms with Crippen molar-refractivity contribution in [3.05, 3.63) is 65.5 Å². The summed E-state index contributed by atoms with van der Waals surface area (Å²) in [7, 11) is 0. The van der Waals surface area contributed by atoms with Gasteiger partial charge >= 0.3 is 6.03 Å². The average Bonchev–Trinajstić information content (AvgIpc) is 3.20. The fraction of sp³-hybridized carbons (Fsp3) is 0.333. The first kappa shape index (κ1) is 21.5. The van der Waals surface area contributed by atoms with Gasteiger partial charge in [-0.15, -0.1) is 0 Å². The summed E-state index contributed by atoms with van der Waals surface area (Å²) in [5.74, 6) is 0.128. The number of imidazole rings is 1. The molecule has 1 aromatic heterocycles. The molecule has 0 aliphatic carbocycles. The Bertz CT molecular complexity index is 1180. The van der Waals surface area contributed by atoms with Crippen LogP contribution in [0.4, 0.5) is 4.79 Å². The number of nitrogens with zero attached hydrogens (tertiary/aromatic N) is 3. The second-order valence-corrected chi connectivity index (χ2v) is 8.32. The zero-order valence-corrected chi connectivity index (χ0v) is 18.5. The highest BCUT2D eigenvalue weighted by atomic mass is 16.2. The van der Waals surface area contributed by atoms with E-state index >= 15 is 0 Å². The highest BCUT2D eigenvalue weighted by molar-refractivity contribution is 6.09. The highest BCUT2D eigenvalue weighted by Gasteiger charge is 2.49. The standard InChI is InChI=1S/C24H27N5O3/c1-16-9-11-18(12-10-16)24(3)22(31)29(23(32)27-24)15-21(30)25-13-6-14-28-17(2)26-19-7-4-5-8-20(19)28/h4-5,7-12H,6,13-15H2,1-3H3,(H,25,30)(H,27,32). The van der Waals surface area contributed by atoms with Crippen molar-refractivity contribution in [3.63, 3.8) is 0 Å². The van der Waals surface area contributed by atoms with E-state index in [1.165, 1.54) is 0 Å². The molecule has 1 unspecified atom stereocenters. The lowest BCUT2D eigenvalue weighted by Crippen LogP contribution is -2.43. The molecule has 0 spiro atoms. The second-order valence-electron chi connectivity index (χ2n) is 8.32. The molecule has 1 aliphatic rings. The minimum Gasteiger partial charge on any atom is -0.354 e. The average molecular weight is 434 g/mol. The summed E-state index contributed by atoms with van der Waals surface area (Å²) < 4.78 is 2.12. The number of aryl methyl sites for hydroxylation is 3. The number of amides is 4. The van der Waals surface area contributed by atoms with Crippen molar-refractivity contribution in [1.29, 1.82) is 0 Å². The molecule has 1 aliphatic heterocycles. The van der Waals surface area contributed by atoms with E-state index in [-0.39, 0.29) is 12.5 Å². The predicted molar refractivity (Wildman–Crippen MR) is 121 cm³/mol. The molecule has 3 aromatic rings. The molecule has 2 aromatic carbocycles. The van der Waals surface area contributed by atoms with E-state index in [2.05, 4.69) is 20.2 Å². The van der Waals surface area contributed by atoms with Gasteiger partial charge in [0.25, 0.3) is 5.91 Å². The largest absolute Gasteiger partial charge is 0.354 e. The summed E-state index contributed by atoms with van der Waals surface area (Å²) in [4.78, 5) is 43.3. The van der Waals surface area contributed by atoms with Crippen LogP contribution < -0.4 is 10.6 Å². The van der Waals surface area contributed by atoms with Crippen LogP contribution in [-0.4, -0.2) is 45.4 Å². The van der Waals surface area contributed by atoms with Crippen molar-refractivity contribution in [3.8, 4) is 0 Å². The molecule has 166 valence electrons. The van der Waals surface area contributed by atoms with E-state index in [9.17, 15) is 14.4 Å². The smallest absolute Gasteiger partial charge is 0.325 e. The van der Waals surface area contributed by atoms with Gasteiger partial charge in [-0.1, -0.05) is 42.0 Å². The van der Waals surface area contributed by atoms with E-state index < -0.39 is 17.5 Å². The molecule has 0 radical (unpaired) electrons. The number of hydrogen-bond donors (Lipinski definition) is 2. The lowest BCUT2D eigenvalue weighted by Gasteiger charge is -2.22. The van der Waals surface area contributed by atoms with Gasteiger partial charge in [0, 0.05) is 13.1 Å². The Morgan fingerprint density at radius 3 is 2.56 bits per heavy atom. The number of nitrogens with one attached hydrogen (secondary N) is 2. The number of hydrogen-bond acceptors (Lipinski definition) is 4. The maximum atomic E-state index is 13.0. The summed E-state index contributed by atoms with van der Waals surface area (Å²) in [6, 6.07) is 14.8. The van der Waals surface area contributed by atoms with Gasteiger partial charge in [0.05, 0.1) is 11.0 Å². The molecule has 2 heterocycles. The first-order valence-electron chi connectivity index (χ1n) is 10.7. The van der Waals surface area contributed by atoms with Gasteiger partial charge in [-0.2, -0.15) is 0 Å². The van der Waals surface area contributed by atoms with Crippen molar-refractivity contribution in [2.24, 2.45) is 0 Å². The summed E-state index contributed by atoms with van der Waals surface area (Å²) in [5, 5.41) is 5.54. The monoisotopic (exact) mass is 433 g/mol. The number of imide groups is 1. The zero-order valence-electron chi connectivity index (χ0n) is 18.5. The van der Waals surface area contributed by atoms with Crippen LogP contribution in [0.15, 0.2) is 48.5 Å². The Balaban J connectivity index is 1.32. The molecule has 4 rings (SSSR count). The molecule has 2 N–H and O–H groups in total. The van der Waals surface area contributed by atoms with Crippen LogP contribution >= 0.6 is 0 Å². The summed E-state index contributed by atoms with van der Waals surface area (Å²) in [5.41, 5.74) is 2.58. The van der Waals surface area contributed by atoms with Crippen molar-refractivity contribution < 1.29 is 14.4 Å². The van der Waals surface area contributed by atoms with Gasteiger partial charge in [-0.25, -0.2) is 9.78 Å². The lowest BCUT2D eigenvalue weighted by molar-refractivity contribution is -0.134. The van der Waals surface area contributed by atoms with Crippen LogP contribution in [0, 0.1) is 13.8 Å². The van der Waals surface area contributed by atoms with E-state index in [0.29, 0.717) is 25.1 Å². The van der Waals surface area contributed by atoms with Gasteiger partial charge in [-0.05, 0) is 44.9 Å². The van der Waals surface area contributed by atoms with Crippen molar-refractivity contribution in [1.82, 2.24) is 25.1 Å². The first-order valence-corrected chi connectivity index (χ1v) is 10.7. The van der Waals surface area contributed by atoms with Crippen LogP contribution in [0.25, 0.3) is 11.0 Å². The fourth-order valence-corrected chi connectivity index (χ4v) is 4.07. The number of para-hydroxylation sites is 2. The molecule has 1 saturated heterocycles. The number of benzene rings is 2. The molecule has 0 bridgehead atoms. The molecule has 1 atom stereocenters. The Kier molecular flexibility index (Phi) is 5.69. The molecule has 8 heteroatoms. The molecule has 1 fully saturated rings. The van der Waals surface area contributed by atoms with E-state index in [1.54, 1.807) is 6.92 Å². The number of rotatable bonds is 7. The van der Waals surface area contributed by atoms with Gasteiger partial charge in [0.2, 0.25) is 5.91 Å². The maximum Gasteiger partial charge on any atom is 0.325 e. The van der Waals surface area contributed by atoms with Crippen molar-refractivity contribution in [2.75, 3.05) is 13.1 Å². The summed E-state index contributed by atoms with van der Waals surface area (Å²) >= 11 is 0. The van der Waals surface area contributed by atoms with E-state index in [4.69, 9.17) is 0 Å². The molecular weight excluding hydrogens is 406 g/mol. The third kappa shape index (κ3) is 3.95. The molecule has 0 saturated carbocycles. The minimum absolute atomic E-state index is 0.306. The van der Waals surface area contributed by atoms with Crippen LogP contribution in [-0.2, 0) is 21.7 Å². The molecule has 8 nitrogen and oxygen atoms in total. The quantitative estimate of drug-likeness (QED) is 0.442. The third-order valence-corrected chi connectivity index (χ3v) is 5.93. The van der Waals surface area contributed by atoms with Crippen LogP contribution in [0.2, 0.25) is 0 Å². The van der Waals surface area contributed by atoms with Gasteiger partial charge in [0.1, 0.15) is 17.9 Å². The molecular formula is C24H27N5O3. The predicted octanol–water partition coefficient (Wildman–Crippen LogP) is 2.63. The van der Waals surface area contributed by atoms with E-state index in [1.807, 2.05) is 62.4 Å². The minimum atomic E-state index is -1.18. The van der Waals surface area contributed by atoms with Gasteiger partial charge in [0.15, 0.2) is 0 Å². The van der Waals surface area contributed by atoms with E-state index in [0.717, 1.165) is 27.3 Å². The SMILES string of the molecule is Cc1ccc(C2(C)NC(=O)N(CC(=O)NCCCn3c(C)nc4ccccc43)C2=O)cc1. The van der Waals surface area contributed by atoms with Gasteiger partial charge < -0.3 is 15.2 Å². The van der Waals surface area contributed by atoms with Crippen LogP contribution in [0.1, 0.15) is 30.3 Å². The second kappa shape index (κ2) is 8.45. The number of urea groups is 1. The number of carbonyl (C=O) groups excluding carboxylic acids is 3. The normalized spacial score (nSPS) is 18.3. The number of fused-ring (bicyclic) bond motifs is 1.